The van der Waals surface area contributed by atoms with E-state index in [4.69, 9.17) is 0 Å². The van der Waals surface area contributed by atoms with Gasteiger partial charge in [0, 0.05) is 24.1 Å². The third-order valence-electron chi connectivity index (χ3n) is 4.43. The number of hydrogen-bond acceptors (Lipinski definition) is 3. The lowest BCUT2D eigenvalue weighted by Crippen LogP contribution is -2.24. The molecule has 0 aliphatic carbocycles. The number of aryl methyl sites for hydroxylation is 2. The van der Waals surface area contributed by atoms with Crippen LogP contribution in [0.15, 0.2) is 60.8 Å². The molecule has 0 fully saturated rings. The number of hydrogen-bond donors (Lipinski definition) is 1. The van der Waals surface area contributed by atoms with Gasteiger partial charge in [-0.3, -0.25) is 4.79 Å². The first kappa shape index (κ1) is 19.2. The summed E-state index contributed by atoms with van der Waals surface area (Å²) in [5.41, 5.74) is 5.23. The number of amides is 1. The molecule has 0 saturated heterocycles. The van der Waals surface area contributed by atoms with Gasteiger partial charge < -0.3 is 5.32 Å². The number of aromatic nitrogens is 2. The zero-order chi connectivity index (χ0) is 19.1. The summed E-state index contributed by atoms with van der Waals surface area (Å²) in [4.78, 5) is 12.3. The van der Waals surface area contributed by atoms with Gasteiger partial charge in [0.15, 0.2) is 0 Å². The standard InChI is InChI=1S/C22H25N3OS/c1-17-20(15-25(24-17)21-11-4-3-5-12-21)10-7-13-23-22(26)19-9-6-8-18(14-19)16-27-2/h3-6,8-9,11-12,14-15H,7,10,13,16H2,1-2H3,(H,23,26). The molecule has 0 aliphatic rings. The molecule has 3 rings (SSSR count). The molecule has 3 aromatic rings. The van der Waals surface area contributed by atoms with Crippen molar-refractivity contribution in [2.75, 3.05) is 12.8 Å². The normalized spacial score (nSPS) is 10.7. The van der Waals surface area contributed by atoms with Crippen molar-refractivity contribution in [1.82, 2.24) is 15.1 Å². The zero-order valence-corrected chi connectivity index (χ0v) is 16.6. The summed E-state index contributed by atoms with van der Waals surface area (Å²) in [6.07, 6.45) is 5.93. The molecule has 0 spiro atoms. The van der Waals surface area contributed by atoms with Gasteiger partial charge >= 0.3 is 0 Å². The predicted molar refractivity (Wildman–Crippen MR) is 113 cm³/mol. The van der Waals surface area contributed by atoms with Crippen LogP contribution in [0.2, 0.25) is 0 Å². The van der Waals surface area contributed by atoms with Crippen LogP contribution >= 0.6 is 11.8 Å². The summed E-state index contributed by atoms with van der Waals surface area (Å²) >= 11 is 1.76. The van der Waals surface area contributed by atoms with Crippen molar-refractivity contribution < 1.29 is 4.79 Å². The Labute approximate surface area is 165 Å². The molecule has 1 aromatic heterocycles. The molecule has 0 unspecified atom stereocenters. The maximum atomic E-state index is 12.3. The van der Waals surface area contributed by atoms with Gasteiger partial charge in [0.1, 0.15) is 0 Å². The molecule has 0 atom stereocenters. The zero-order valence-electron chi connectivity index (χ0n) is 15.8. The molecule has 4 nitrogen and oxygen atoms in total. The van der Waals surface area contributed by atoms with Crippen LogP contribution < -0.4 is 5.32 Å². The molecule has 0 aliphatic heterocycles. The maximum absolute atomic E-state index is 12.3. The van der Waals surface area contributed by atoms with E-state index in [0.29, 0.717) is 6.54 Å². The summed E-state index contributed by atoms with van der Waals surface area (Å²) in [5.74, 6) is 0.917. The molecule has 1 heterocycles. The minimum atomic E-state index is -0.00495. The highest BCUT2D eigenvalue weighted by atomic mass is 32.2. The number of thioether (sulfide) groups is 1. The number of nitrogens with one attached hydrogen (secondary N) is 1. The minimum Gasteiger partial charge on any atom is -0.352 e. The molecule has 27 heavy (non-hydrogen) atoms. The summed E-state index contributed by atoms with van der Waals surface area (Å²) < 4.78 is 1.92. The summed E-state index contributed by atoms with van der Waals surface area (Å²) in [6, 6.07) is 17.9. The van der Waals surface area contributed by atoms with Gasteiger partial charge in [-0.05, 0) is 61.4 Å². The van der Waals surface area contributed by atoms with Gasteiger partial charge in [-0.2, -0.15) is 16.9 Å². The molecular weight excluding hydrogens is 354 g/mol. The van der Waals surface area contributed by atoms with E-state index >= 15 is 0 Å². The Morgan fingerprint density at radius 3 is 2.74 bits per heavy atom. The van der Waals surface area contributed by atoms with Crippen LogP contribution in [0.25, 0.3) is 5.69 Å². The van der Waals surface area contributed by atoms with Crippen LogP contribution in [0.3, 0.4) is 0 Å². The van der Waals surface area contributed by atoms with Gasteiger partial charge in [0.05, 0.1) is 11.4 Å². The highest BCUT2D eigenvalue weighted by molar-refractivity contribution is 7.97. The fourth-order valence-electron chi connectivity index (χ4n) is 3.01. The number of rotatable bonds is 8. The van der Waals surface area contributed by atoms with Crippen molar-refractivity contribution in [3.05, 3.63) is 83.2 Å². The number of nitrogens with zero attached hydrogens (tertiary/aromatic N) is 2. The third-order valence-corrected chi connectivity index (χ3v) is 5.05. The van der Waals surface area contributed by atoms with Crippen molar-refractivity contribution in [2.45, 2.75) is 25.5 Å². The van der Waals surface area contributed by atoms with E-state index in [1.54, 1.807) is 11.8 Å². The van der Waals surface area contributed by atoms with Gasteiger partial charge in [-0.25, -0.2) is 4.68 Å². The Kier molecular flexibility index (Phi) is 6.71. The van der Waals surface area contributed by atoms with E-state index in [-0.39, 0.29) is 5.91 Å². The van der Waals surface area contributed by atoms with Crippen LogP contribution in [-0.4, -0.2) is 28.5 Å². The fourth-order valence-corrected chi connectivity index (χ4v) is 3.52. The van der Waals surface area contributed by atoms with E-state index in [9.17, 15) is 4.79 Å². The van der Waals surface area contributed by atoms with Gasteiger partial charge in [0.2, 0.25) is 0 Å². The van der Waals surface area contributed by atoms with Crippen molar-refractivity contribution in [2.24, 2.45) is 0 Å². The van der Waals surface area contributed by atoms with Gasteiger partial charge in [0.25, 0.3) is 5.91 Å². The van der Waals surface area contributed by atoms with Crippen LogP contribution in [0.1, 0.15) is 33.6 Å². The number of benzene rings is 2. The van der Waals surface area contributed by atoms with Crippen molar-refractivity contribution in [1.29, 1.82) is 0 Å². The second kappa shape index (κ2) is 9.42. The number of carbonyl (C=O) groups is 1. The lowest BCUT2D eigenvalue weighted by atomic mass is 10.1. The average Bonchev–Trinajstić information content (AvgIpc) is 3.07. The van der Waals surface area contributed by atoms with Crippen LogP contribution in [0.4, 0.5) is 0 Å². The SMILES string of the molecule is CSCc1cccc(C(=O)NCCCc2cn(-c3ccccc3)nc2C)c1. The van der Waals surface area contributed by atoms with Crippen LogP contribution in [0.5, 0.6) is 0 Å². The molecule has 140 valence electrons. The van der Waals surface area contributed by atoms with Gasteiger partial charge in [-0.1, -0.05) is 30.3 Å². The first-order valence-corrected chi connectivity index (χ1v) is 10.5. The summed E-state index contributed by atoms with van der Waals surface area (Å²) in [7, 11) is 0. The van der Waals surface area contributed by atoms with Gasteiger partial charge in [-0.15, -0.1) is 0 Å². The topological polar surface area (TPSA) is 46.9 Å². The molecule has 1 N–H and O–H groups in total. The van der Waals surface area contributed by atoms with E-state index in [1.807, 2.05) is 60.1 Å². The van der Waals surface area contributed by atoms with Crippen molar-refractivity contribution in [3.8, 4) is 5.69 Å². The lowest BCUT2D eigenvalue weighted by Gasteiger charge is -2.06. The Hall–Kier alpha value is -2.53. The molecule has 5 heteroatoms. The molecule has 0 saturated carbocycles. The van der Waals surface area contributed by atoms with Crippen LogP contribution in [0, 0.1) is 6.92 Å². The molecule has 2 aromatic carbocycles. The second-order valence-corrected chi connectivity index (χ2v) is 7.38. The molecular formula is C22H25N3OS. The predicted octanol–water partition coefficient (Wildman–Crippen LogP) is 4.41. The molecule has 0 radical (unpaired) electrons. The van der Waals surface area contributed by atoms with E-state index in [0.717, 1.165) is 35.5 Å². The highest BCUT2D eigenvalue weighted by Gasteiger charge is 2.08. The van der Waals surface area contributed by atoms with Crippen molar-refractivity contribution in [3.63, 3.8) is 0 Å². The Morgan fingerprint density at radius 2 is 1.96 bits per heavy atom. The van der Waals surface area contributed by atoms with Crippen LogP contribution in [-0.2, 0) is 12.2 Å². The third kappa shape index (κ3) is 5.23. The van der Waals surface area contributed by atoms with E-state index in [1.165, 1.54) is 11.1 Å². The molecule has 1 amide bonds. The summed E-state index contributed by atoms with van der Waals surface area (Å²) in [6.45, 7) is 2.69. The number of carbonyl (C=O) groups excluding carboxylic acids is 1. The highest BCUT2D eigenvalue weighted by Crippen LogP contribution is 2.14. The average molecular weight is 380 g/mol. The van der Waals surface area contributed by atoms with Crippen molar-refractivity contribution >= 4 is 17.7 Å². The van der Waals surface area contributed by atoms with E-state index < -0.39 is 0 Å². The second-order valence-electron chi connectivity index (χ2n) is 6.51. The summed E-state index contributed by atoms with van der Waals surface area (Å²) in [5, 5.41) is 7.62. The quantitative estimate of drug-likeness (QED) is 0.590. The largest absolute Gasteiger partial charge is 0.352 e. The fraction of sp³-hybridized carbons (Fsp3) is 0.273. The Bertz CT molecular complexity index is 890. The lowest BCUT2D eigenvalue weighted by molar-refractivity contribution is 0.0953. The maximum Gasteiger partial charge on any atom is 0.251 e. The first-order chi connectivity index (χ1) is 13.2. The van der Waals surface area contributed by atoms with E-state index in [2.05, 4.69) is 28.9 Å². The Balaban J connectivity index is 1.51. The number of para-hydroxylation sites is 1. The minimum absolute atomic E-state index is 0.00495. The first-order valence-electron chi connectivity index (χ1n) is 9.14. The smallest absolute Gasteiger partial charge is 0.251 e. The Morgan fingerprint density at radius 1 is 1.15 bits per heavy atom. The molecule has 0 bridgehead atoms. The monoisotopic (exact) mass is 379 g/mol.